The number of nitrogens with one attached hydrogen (secondary N) is 1. The van der Waals surface area contributed by atoms with Crippen LogP contribution in [0.5, 0.6) is 5.75 Å². The molecule has 138 valence electrons. The number of piperazine rings is 1. The summed E-state index contributed by atoms with van der Waals surface area (Å²) < 4.78 is 5.61. The second kappa shape index (κ2) is 9.91. The lowest BCUT2D eigenvalue weighted by molar-refractivity contribution is -0.138. The van der Waals surface area contributed by atoms with Crippen LogP contribution >= 0.6 is 0 Å². The summed E-state index contributed by atoms with van der Waals surface area (Å²) in [4.78, 5) is 28.2. The number of likely N-dealkylation sites (N-methyl/N-ethyl adjacent to an activating group) is 1. The fraction of sp³-hybridized carbons (Fsp3) is 0.579. The number of hydrogen-bond donors (Lipinski definition) is 1. The summed E-state index contributed by atoms with van der Waals surface area (Å²) in [5.74, 6) is 0.875. The molecule has 1 unspecified atom stereocenters. The molecule has 0 radical (unpaired) electrons. The first-order chi connectivity index (χ1) is 12.1. The highest BCUT2D eigenvalue weighted by molar-refractivity contribution is 5.88. The van der Waals surface area contributed by atoms with E-state index < -0.39 is 0 Å². The Morgan fingerprint density at radius 3 is 2.72 bits per heavy atom. The topological polar surface area (TPSA) is 61.9 Å². The first kappa shape index (κ1) is 19.1. The standard InChI is InChI=1S/C19H29N3O3/c1-3-4-11-17-18(23)21(2)13-14-22(17)19(24)20-12-8-15-25-16-9-6-5-7-10-16/h5-7,9-10,17H,3-4,8,11-15H2,1-2H3,(H,20,24). The number of para-hydroxylation sites is 1. The molecule has 0 aliphatic carbocycles. The van der Waals surface area contributed by atoms with Gasteiger partial charge in [0.25, 0.3) is 0 Å². The van der Waals surface area contributed by atoms with Gasteiger partial charge in [0.2, 0.25) is 5.91 Å². The van der Waals surface area contributed by atoms with Gasteiger partial charge in [-0.2, -0.15) is 0 Å². The molecule has 1 aromatic carbocycles. The van der Waals surface area contributed by atoms with Crippen molar-refractivity contribution in [1.29, 1.82) is 0 Å². The van der Waals surface area contributed by atoms with E-state index in [-0.39, 0.29) is 18.0 Å². The van der Waals surface area contributed by atoms with E-state index in [0.717, 1.165) is 31.4 Å². The van der Waals surface area contributed by atoms with Crippen molar-refractivity contribution >= 4 is 11.9 Å². The van der Waals surface area contributed by atoms with Gasteiger partial charge >= 0.3 is 6.03 Å². The third kappa shape index (κ3) is 5.66. The number of benzene rings is 1. The molecule has 1 aliphatic rings. The number of unbranched alkanes of at least 4 members (excludes halogenated alkanes) is 1. The maximum atomic E-state index is 12.5. The first-order valence-corrected chi connectivity index (χ1v) is 9.10. The average Bonchev–Trinajstić information content (AvgIpc) is 2.63. The molecule has 1 N–H and O–H groups in total. The van der Waals surface area contributed by atoms with Gasteiger partial charge in [-0.1, -0.05) is 38.0 Å². The van der Waals surface area contributed by atoms with Gasteiger partial charge in [0, 0.05) is 26.7 Å². The zero-order chi connectivity index (χ0) is 18.1. The molecule has 25 heavy (non-hydrogen) atoms. The fourth-order valence-corrected chi connectivity index (χ4v) is 2.91. The van der Waals surface area contributed by atoms with Gasteiger partial charge in [-0.15, -0.1) is 0 Å². The van der Waals surface area contributed by atoms with E-state index in [1.807, 2.05) is 30.3 Å². The average molecular weight is 347 g/mol. The maximum absolute atomic E-state index is 12.5. The van der Waals surface area contributed by atoms with E-state index in [1.54, 1.807) is 16.8 Å². The molecule has 1 atom stereocenters. The van der Waals surface area contributed by atoms with E-state index in [0.29, 0.717) is 26.2 Å². The van der Waals surface area contributed by atoms with Gasteiger partial charge in [0.1, 0.15) is 11.8 Å². The molecule has 1 aromatic rings. The summed E-state index contributed by atoms with van der Waals surface area (Å²) in [7, 11) is 1.80. The highest BCUT2D eigenvalue weighted by Gasteiger charge is 2.35. The Hall–Kier alpha value is -2.24. The van der Waals surface area contributed by atoms with Crippen molar-refractivity contribution in [3.63, 3.8) is 0 Å². The predicted octanol–water partition coefficient (Wildman–Crippen LogP) is 2.50. The van der Waals surface area contributed by atoms with Gasteiger partial charge < -0.3 is 19.9 Å². The molecule has 2 rings (SSSR count). The molecule has 0 spiro atoms. The number of carbonyl (C=O) groups is 2. The summed E-state index contributed by atoms with van der Waals surface area (Å²) in [6.07, 6.45) is 3.41. The summed E-state index contributed by atoms with van der Waals surface area (Å²) in [6.45, 7) is 4.35. The Labute approximate surface area is 150 Å². The normalized spacial score (nSPS) is 17.5. The molecule has 1 aliphatic heterocycles. The van der Waals surface area contributed by atoms with Crippen LogP contribution in [0.4, 0.5) is 4.79 Å². The van der Waals surface area contributed by atoms with E-state index in [2.05, 4.69) is 12.2 Å². The van der Waals surface area contributed by atoms with Crippen LogP contribution in [-0.2, 0) is 4.79 Å². The largest absolute Gasteiger partial charge is 0.494 e. The highest BCUT2D eigenvalue weighted by Crippen LogP contribution is 2.16. The van der Waals surface area contributed by atoms with Gasteiger partial charge in [0.15, 0.2) is 0 Å². The summed E-state index contributed by atoms with van der Waals surface area (Å²) in [5.41, 5.74) is 0. The van der Waals surface area contributed by atoms with Crippen LogP contribution in [0.2, 0.25) is 0 Å². The minimum absolute atomic E-state index is 0.0438. The van der Waals surface area contributed by atoms with E-state index >= 15 is 0 Å². The Morgan fingerprint density at radius 1 is 1.24 bits per heavy atom. The summed E-state index contributed by atoms with van der Waals surface area (Å²) in [6, 6.07) is 9.14. The molecular formula is C19H29N3O3. The van der Waals surface area contributed by atoms with Gasteiger partial charge in [-0.05, 0) is 25.0 Å². The second-order valence-electron chi connectivity index (χ2n) is 6.36. The smallest absolute Gasteiger partial charge is 0.318 e. The van der Waals surface area contributed by atoms with E-state index in [1.165, 1.54) is 0 Å². The number of amides is 3. The van der Waals surface area contributed by atoms with Gasteiger partial charge in [0.05, 0.1) is 6.61 Å². The number of ether oxygens (including phenoxy) is 1. The molecule has 6 heteroatoms. The quantitative estimate of drug-likeness (QED) is 0.735. The molecule has 6 nitrogen and oxygen atoms in total. The van der Waals surface area contributed by atoms with Crippen LogP contribution in [0, 0.1) is 0 Å². The third-order valence-corrected chi connectivity index (χ3v) is 4.42. The van der Waals surface area contributed by atoms with Crippen molar-refractivity contribution in [3.05, 3.63) is 30.3 Å². The minimum Gasteiger partial charge on any atom is -0.494 e. The van der Waals surface area contributed by atoms with E-state index in [4.69, 9.17) is 4.74 Å². The number of carbonyl (C=O) groups excluding carboxylic acids is 2. The third-order valence-electron chi connectivity index (χ3n) is 4.42. The number of hydrogen-bond acceptors (Lipinski definition) is 3. The SMILES string of the molecule is CCCCC1C(=O)N(C)CCN1C(=O)NCCCOc1ccccc1. The van der Waals surface area contributed by atoms with Crippen LogP contribution in [0.15, 0.2) is 30.3 Å². The lowest BCUT2D eigenvalue weighted by Gasteiger charge is -2.39. The number of rotatable bonds is 8. The van der Waals surface area contributed by atoms with Gasteiger partial charge in [-0.3, -0.25) is 4.79 Å². The molecular weight excluding hydrogens is 318 g/mol. The first-order valence-electron chi connectivity index (χ1n) is 9.10. The zero-order valence-electron chi connectivity index (χ0n) is 15.2. The minimum atomic E-state index is -0.334. The van der Waals surface area contributed by atoms with Crippen molar-refractivity contribution in [1.82, 2.24) is 15.1 Å². The zero-order valence-corrected chi connectivity index (χ0v) is 15.2. The molecule has 3 amide bonds. The molecule has 0 saturated carbocycles. The Kier molecular flexibility index (Phi) is 7.57. The Morgan fingerprint density at radius 2 is 2.00 bits per heavy atom. The highest BCUT2D eigenvalue weighted by atomic mass is 16.5. The lowest BCUT2D eigenvalue weighted by Crippen LogP contribution is -2.59. The molecule has 0 aromatic heterocycles. The van der Waals surface area contributed by atoms with E-state index in [9.17, 15) is 9.59 Å². The van der Waals surface area contributed by atoms with Crippen molar-refractivity contribution < 1.29 is 14.3 Å². The lowest BCUT2D eigenvalue weighted by atomic mass is 10.0. The van der Waals surface area contributed by atoms with Crippen LogP contribution in [-0.4, -0.2) is 61.1 Å². The van der Waals surface area contributed by atoms with Crippen LogP contribution in [0.1, 0.15) is 32.6 Å². The molecule has 0 bridgehead atoms. The predicted molar refractivity (Wildman–Crippen MR) is 97.6 cm³/mol. The second-order valence-corrected chi connectivity index (χ2v) is 6.36. The Bertz CT molecular complexity index is 550. The Balaban J connectivity index is 1.75. The van der Waals surface area contributed by atoms with Crippen LogP contribution < -0.4 is 10.1 Å². The van der Waals surface area contributed by atoms with Crippen molar-refractivity contribution in [2.45, 2.75) is 38.6 Å². The molecule has 1 fully saturated rings. The van der Waals surface area contributed by atoms with Crippen LogP contribution in [0.25, 0.3) is 0 Å². The summed E-state index contributed by atoms with van der Waals surface area (Å²) >= 11 is 0. The monoisotopic (exact) mass is 347 g/mol. The summed E-state index contributed by atoms with van der Waals surface area (Å²) in [5, 5.41) is 2.92. The van der Waals surface area contributed by atoms with Crippen molar-refractivity contribution in [3.8, 4) is 5.75 Å². The number of urea groups is 1. The number of nitrogens with zero attached hydrogens (tertiary/aromatic N) is 2. The molecule has 1 saturated heterocycles. The van der Waals surface area contributed by atoms with Crippen LogP contribution in [0.3, 0.4) is 0 Å². The van der Waals surface area contributed by atoms with Crippen molar-refractivity contribution in [2.24, 2.45) is 0 Å². The maximum Gasteiger partial charge on any atom is 0.318 e. The molecule has 1 heterocycles. The fourth-order valence-electron chi connectivity index (χ4n) is 2.91. The van der Waals surface area contributed by atoms with Crippen molar-refractivity contribution in [2.75, 3.05) is 33.3 Å². The van der Waals surface area contributed by atoms with Gasteiger partial charge in [-0.25, -0.2) is 4.79 Å².